The van der Waals surface area contributed by atoms with Crippen molar-refractivity contribution >= 4 is 11.6 Å². The molecule has 0 aliphatic carbocycles. The summed E-state index contributed by atoms with van der Waals surface area (Å²) in [5.41, 5.74) is 5.26. The van der Waals surface area contributed by atoms with E-state index in [2.05, 4.69) is 42.6 Å². The third-order valence-corrected chi connectivity index (χ3v) is 4.53. The first-order chi connectivity index (χ1) is 10.7. The Morgan fingerprint density at radius 1 is 1.18 bits per heavy atom. The van der Waals surface area contributed by atoms with E-state index >= 15 is 0 Å². The molecule has 116 valence electrons. The van der Waals surface area contributed by atoms with Gasteiger partial charge in [0.1, 0.15) is 0 Å². The van der Waals surface area contributed by atoms with Crippen LogP contribution in [-0.2, 0) is 11.2 Å². The lowest BCUT2D eigenvalue weighted by Crippen LogP contribution is -2.23. The van der Waals surface area contributed by atoms with Gasteiger partial charge in [0.15, 0.2) is 0 Å². The summed E-state index contributed by atoms with van der Waals surface area (Å²) in [6, 6.07) is 14.7. The molecule has 2 atom stereocenters. The topological polar surface area (TPSA) is 21.3 Å². The standard InChI is InChI=1S/C19H22ClNO/c1-13-3-8-17-15(11-13)12-19(22-18(17)9-10-21-2)14-4-6-16(20)7-5-14/h3-8,11,18-19,21H,9-10,12H2,1-2H3. The Labute approximate surface area is 137 Å². The summed E-state index contributed by atoms with van der Waals surface area (Å²) in [5, 5.41) is 3.99. The van der Waals surface area contributed by atoms with Crippen LogP contribution in [0.5, 0.6) is 0 Å². The average molecular weight is 316 g/mol. The number of ether oxygens (including phenoxy) is 1. The van der Waals surface area contributed by atoms with Crippen LogP contribution in [0.2, 0.25) is 5.02 Å². The van der Waals surface area contributed by atoms with Gasteiger partial charge in [-0.15, -0.1) is 0 Å². The molecular formula is C19H22ClNO. The van der Waals surface area contributed by atoms with Crippen LogP contribution < -0.4 is 5.32 Å². The van der Waals surface area contributed by atoms with E-state index in [1.807, 2.05) is 19.2 Å². The number of hydrogen-bond donors (Lipinski definition) is 1. The van der Waals surface area contributed by atoms with Crippen molar-refractivity contribution in [1.29, 1.82) is 0 Å². The zero-order valence-electron chi connectivity index (χ0n) is 13.1. The minimum absolute atomic E-state index is 0.105. The van der Waals surface area contributed by atoms with Gasteiger partial charge in [-0.1, -0.05) is 47.5 Å². The molecule has 2 aromatic carbocycles. The molecule has 1 aliphatic heterocycles. The maximum absolute atomic E-state index is 6.40. The van der Waals surface area contributed by atoms with Crippen LogP contribution in [0.15, 0.2) is 42.5 Å². The average Bonchev–Trinajstić information content (AvgIpc) is 2.52. The quantitative estimate of drug-likeness (QED) is 0.889. The van der Waals surface area contributed by atoms with Gasteiger partial charge in [0.05, 0.1) is 12.2 Å². The molecule has 0 bridgehead atoms. The summed E-state index contributed by atoms with van der Waals surface area (Å²) in [6.45, 7) is 3.10. The SMILES string of the molecule is CNCCC1OC(c2ccc(Cl)cc2)Cc2cc(C)ccc21. The third-order valence-electron chi connectivity index (χ3n) is 4.28. The van der Waals surface area contributed by atoms with E-state index in [9.17, 15) is 0 Å². The predicted molar refractivity (Wildman–Crippen MR) is 91.4 cm³/mol. The lowest BCUT2D eigenvalue weighted by Gasteiger charge is -2.33. The second-order valence-corrected chi connectivity index (χ2v) is 6.40. The molecule has 3 rings (SSSR count). The molecule has 0 saturated carbocycles. The Bertz CT molecular complexity index is 638. The van der Waals surface area contributed by atoms with Crippen LogP contribution in [0.3, 0.4) is 0 Å². The first kappa shape index (κ1) is 15.5. The highest BCUT2D eigenvalue weighted by molar-refractivity contribution is 6.30. The van der Waals surface area contributed by atoms with E-state index in [1.165, 1.54) is 22.3 Å². The Kier molecular flexibility index (Phi) is 4.82. The lowest BCUT2D eigenvalue weighted by molar-refractivity contribution is -0.0311. The first-order valence-electron chi connectivity index (χ1n) is 7.82. The summed E-state index contributed by atoms with van der Waals surface area (Å²) in [5.74, 6) is 0. The van der Waals surface area contributed by atoms with Crippen molar-refractivity contribution in [3.8, 4) is 0 Å². The Balaban J connectivity index is 1.90. The summed E-state index contributed by atoms with van der Waals surface area (Å²) >= 11 is 6.00. The lowest BCUT2D eigenvalue weighted by atomic mass is 9.89. The maximum Gasteiger partial charge on any atom is 0.0873 e. The second-order valence-electron chi connectivity index (χ2n) is 5.96. The molecule has 2 nitrogen and oxygen atoms in total. The van der Waals surface area contributed by atoms with Gasteiger partial charge in [0, 0.05) is 11.4 Å². The number of halogens is 1. The molecule has 0 aromatic heterocycles. The van der Waals surface area contributed by atoms with Crippen molar-refractivity contribution in [3.63, 3.8) is 0 Å². The van der Waals surface area contributed by atoms with Gasteiger partial charge < -0.3 is 10.1 Å². The van der Waals surface area contributed by atoms with Crippen molar-refractivity contribution in [1.82, 2.24) is 5.32 Å². The fraction of sp³-hybridized carbons (Fsp3) is 0.368. The number of fused-ring (bicyclic) bond motifs is 1. The van der Waals surface area contributed by atoms with Crippen molar-refractivity contribution in [2.75, 3.05) is 13.6 Å². The van der Waals surface area contributed by atoms with E-state index in [-0.39, 0.29) is 12.2 Å². The normalized spacial score (nSPS) is 20.7. The molecule has 0 amide bonds. The van der Waals surface area contributed by atoms with Gasteiger partial charge in [-0.2, -0.15) is 0 Å². The van der Waals surface area contributed by atoms with Crippen molar-refractivity contribution in [2.45, 2.75) is 32.0 Å². The molecule has 0 fully saturated rings. The molecule has 2 unspecified atom stereocenters. The van der Waals surface area contributed by atoms with Crippen LogP contribution >= 0.6 is 11.6 Å². The van der Waals surface area contributed by atoms with Crippen LogP contribution in [0.4, 0.5) is 0 Å². The maximum atomic E-state index is 6.40. The second kappa shape index (κ2) is 6.82. The molecular weight excluding hydrogens is 294 g/mol. The van der Waals surface area contributed by atoms with E-state index in [4.69, 9.17) is 16.3 Å². The minimum atomic E-state index is 0.105. The highest BCUT2D eigenvalue weighted by Crippen LogP contribution is 2.39. The number of benzene rings is 2. The number of hydrogen-bond acceptors (Lipinski definition) is 2. The zero-order valence-corrected chi connectivity index (χ0v) is 13.9. The molecule has 2 aromatic rings. The molecule has 1 N–H and O–H groups in total. The van der Waals surface area contributed by atoms with Crippen LogP contribution in [-0.4, -0.2) is 13.6 Å². The zero-order chi connectivity index (χ0) is 15.5. The van der Waals surface area contributed by atoms with E-state index < -0.39 is 0 Å². The van der Waals surface area contributed by atoms with Gasteiger partial charge in [0.2, 0.25) is 0 Å². The molecule has 0 radical (unpaired) electrons. The number of rotatable bonds is 4. The van der Waals surface area contributed by atoms with Gasteiger partial charge in [-0.3, -0.25) is 0 Å². The van der Waals surface area contributed by atoms with Crippen molar-refractivity contribution in [3.05, 3.63) is 69.7 Å². The molecule has 1 heterocycles. The minimum Gasteiger partial charge on any atom is -0.365 e. The summed E-state index contributed by atoms with van der Waals surface area (Å²) in [6.07, 6.45) is 2.16. The third kappa shape index (κ3) is 3.35. The van der Waals surface area contributed by atoms with Gasteiger partial charge in [-0.25, -0.2) is 0 Å². The predicted octanol–water partition coefficient (Wildman–Crippen LogP) is 4.61. The summed E-state index contributed by atoms with van der Waals surface area (Å²) in [7, 11) is 1.98. The Hall–Kier alpha value is -1.35. The molecule has 0 saturated heterocycles. The van der Waals surface area contributed by atoms with Crippen molar-refractivity contribution in [2.24, 2.45) is 0 Å². The van der Waals surface area contributed by atoms with E-state index in [0.29, 0.717) is 0 Å². The molecule has 0 spiro atoms. The number of aryl methyl sites for hydroxylation is 1. The van der Waals surface area contributed by atoms with Gasteiger partial charge in [0.25, 0.3) is 0 Å². The van der Waals surface area contributed by atoms with Crippen LogP contribution in [0.1, 0.15) is 40.9 Å². The molecule has 1 aliphatic rings. The number of nitrogens with one attached hydrogen (secondary N) is 1. The highest BCUT2D eigenvalue weighted by Gasteiger charge is 2.28. The van der Waals surface area contributed by atoms with E-state index in [0.717, 1.165) is 24.4 Å². The Morgan fingerprint density at radius 3 is 2.68 bits per heavy atom. The molecule has 22 heavy (non-hydrogen) atoms. The van der Waals surface area contributed by atoms with Crippen molar-refractivity contribution < 1.29 is 4.74 Å². The fourth-order valence-electron chi connectivity index (χ4n) is 3.12. The fourth-order valence-corrected chi connectivity index (χ4v) is 3.24. The first-order valence-corrected chi connectivity index (χ1v) is 8.20. The highest BCUT2D eigenvalue weighted by atomic mass is 35.5. The largest absolute Gasteiger partial charge is 0.365 e. The van der Waals surface area contributed by atoms with Crippen LogP contribution in [0, 0.1) is 6.92 Å². The molecule has 3 heteroatoms. The van der Waals surface area contributed by atoms with Crippen LogP contribution in [0.25, 0.3) is 0 Å². The van der Waals surface area contributed by atoms with E-state index in [1.54, 1.807) is 0 Å². The summed E-state index contributed by atoms with van der Waals surface area (Å²) < 4.78 is 6.40. The summed E-state index contributed by atoms with van der Waals surface area (Å²) in [4.78, 5) is 0. The van der Waals surface area contributed by atoms with Gasteiger partial charge in [-0.05, 0) is 55.8 Å². The van der Waals surface area contributed by atoms with Gasteiger partial charge >= 0.3 is 0 Å². The smallest absolute Gasteiger partial charge is 0.0873 e. The monoisotopic (exact) mass is 315 g/mol. The Morgan fingerprint density at radius 2 is 1.95 bits per heavy atom.